The summed E-state index contributed by atoms with van der Waals surface area (Å²) in [5.74, 6) is 0. The molecule has 0 saturated heterocycles. The van der Waals surface area contributed by atoms with Crippen LogP contribution in [0.15, 0.2) is 30.5 Å². The summed E-state index contributed by atoms with van der Waals surface area (Å²) >= 11 is 0. The Hall–Kier alpha value is -1.79. The van der Waals surface area contributed by atoms with Crippen LogP contribution in [0.1, 0.15) is 25.8 Å². The number of aromatic nitrogens is 1. The minimum Gasteiger partial charge on any atom is -0.346 e. The van der Waals surface area contributed by atoms with Gasteiger partial charge in [-0.05, 0) is 36.9 Å². The predicted molar refractivity (Wildman–Crippen MR) is 74.4 cm³/mol. The molecule has 2 rings (SSSR count). The Morgan fingerprint density at radius 2 is 2.22 bits per heavy atom. The third-order valence-corrected chi connectivity index (χ3v) is 3.36. The molecule has 0 bridgehead atoms. The molecule has 0 aliphatic carbocycles. The largest absolute Gasteiger partial charge is 0.346 e. The van der Waals surface area contributed by atoms with Crippen molar-refractivity contribution in [2.75, 3.05) is 6.54 Å². The first kappa shape index (κ1) is 12.7. The zero-order valence-corrected chi connectivity index (χ0v) is 11.0. The summed E-state index contributed by atoms with van der Waals surface area (Å²) in [4.78, 5) is 0. The Kier molecular flexibility index (Phi) is 4.01. The van der Waals surface area contributed by atoms with Gasteiger partial charge in [0, 0.05) is 30.8 Å². The van der Waals surface area contributed by atoms with Crippen LogP contribution in [0.2, 0.25) is 0 Å². The molecule has 0 fully saturated rings. The number of hydrogen-bond donors (Lipinski definition) is 1. The number of nitrogens with zero attached hydrogens (tertiary/aromatic N) is 2. The first-order chi connectivity index (χ1) is 8.74. The number of nitrogens with one attached hydrogen (secondary N) is 1. The summed E-state index contributed by atoms with van der Waals surface area (Å²) < 4.78 is 2.20. The maximum atomic E-state index is 8.93. The average Bonchev–Trinajstić information content (AvgIpc) is 2.81. The van der Waals surface area contributed by atoms with Crippen molar-refractivity contribution < 1.29 is 0 Å². The fraction of sp³-hybridized carbons (Fsp3) is 0.400. The van der Waals surface area contributed by atoms with Crippen molar-refractivity contribution >= 4 is 10.9 Å². The van der Waals surface area contributed by atoms with Crippen molar-refractivity contribution in [2.45, 2.75) is 32.9 Å². The van der Waals surface area contributed by atoms with Gasteiger partial charge in [-0.2, -0.15) is 5.26 Å². The fourth-order valence-electron chi connectivity index (χ4n) is 2.02. The highest BCUT2D eigenvalue weighted by molar-refractivity contribution is 5.81. The van der Waals surface area contributed by atoms with Crippen LogP contribution >= 0.6 is 0 Å². The molecule has 0 aliphatic rings. The molecule has 1 atom stereocenters. The van der Waals surface area contributed by atoms with Crippen LogP contribution in [0.5, 0.6) is 0 Å². The van der Waals surface area contributed by atoms with E-state index in [1.807, 2.05) is 18.2 Å². The highest BCUT2D eigenvalue weighted by Gasteiger charge is 2.03. The molecule has 3 nitrogen and oxygen atoms in total. The number of fused-ring (bicyclic) bond motifs is 1. The van der Waals surface area contributed by atoms with Crippen molar-refractivity contribution in [3.63, 3.8) is 0 Å². The molecule has 94 valence electrons. The van der Waals surface area contributed by atoms with Gasteiger partial charge in [-0.15, -0.1) is 0 Å². The van der Waals surface area contributed by atoms with Gasteiger partial charge in [-0.25, -0.2) is 0 Å². The van der Waals surface area contributed by atoms with E-state index in [2.05, 4.69) is 42.1 Å². The predicted octanol–water partition coefficient (Wildman–Crippen LogP) is 2.90. The molecule has 0 spiro atoms. The van der Waals surface area contributed by atoms with E-state index in [-0.39, 0.29) is 0 Å². The van der Waals surface area contributed by atoms with Gasteiger partial charge in [0.2, 0.25) is 0 Å². The first-order valence-corrected chi connectivity index (χ1v) is 6.47. The van der Waals surface area contributed by atoms with Crippen LogP contribution in [-0.2, 0) is 6.54 Å². The van der Waals surface area contributed by atoms with E-state index >= 15 is 0 Å². The molecular formula is C15H19N3. The Labute approximate surface area is 108 Å². The quantitative estimate of drug-likeness (QED) is 0.874. The Morgan fingerprint density at radius 3 is 2.94 bits per heavy atom. The second-order valence-electron chi connectivity index (χ2n) is 4.66. The summed E-state index contributed by atoms with van der Waals surface area (Å²) in [7, 11) is 0. The van der Waals surface area contributed by atoms with Gasteiger partial charge in [-0.3, -0.25) is 0 Å². The molecule has 0 aliphatic heterocycles. The monoisotopic (exact) mass is 241 g/mol. The van der Waals surface area contributed by atoms with E-state index in [1.165, 1.54) is 5.39 Å². The van der Waals surface area contributed by atoms with Crippen LogP contribution in [-0.4, -0.2) is 17.2 Å². The summed E-state index contributed by atoms with van der Waals surface area (Å²) in [6.45, 7) is 6.27. The molecule has 18 heavy (non-hydrogen) atoms. The molecule has 1 aromatic carbocycles. The van der Waals surface area contributed by atoms with Crippen molar-refractivity contribution in [1.82, 2.24) is 9.88 Å². The van der Waals surface area contributed by atoms with Crippen molar-refractivity contribution in [1.29, 1.82) is 5.26 Å². The number of nitriles is 1. The van der Waals surface area contributed by atoms with Crippen LogP contribution in [0.4, 0.5) is 0 Å². The van der Waals surface area contributed by atoms with Gasteiger partial charge < -0.3 is 9.88 Å². The Morgan fingerprint density at radius 1 is 1.39 bits per heavy atom. The van der Waals surface area contributed by atoms with Crippen LogP contribution in [0.25, 0.3) is 10.9 Å². The molecule has 0 amide bonds. The molecule has 0 radical (unpaired) electrons. The SMILES string of the molecule is CCC(C)NCCn1ccc2ccc(C#N)cc21. The van der Waals surface area contributed by atoms with Crippen LogP contribution in [0.3, 0.4) is 0 Å². The van der Waals surface area contributed by atoms with Gasteiger partial charge in [0.1, 0.15) is 0 Å². The zero-order chi connectivity index (χ0) is 13.0. The molecule has 0 saturated carbocycles. The smallest absolute Gasteiger partial charge is 0.0992 e. The van der Waals surface area contributed by atoms with Gasteiger partial charge in [0.05, 0.1) is 11.6 Å². The Bertz CT molecular complexity index is 563. The zero-order valence-electron chi connectivity index (χ0n) is 11.0. The highest BCUT2D eigenvalue weighted by atomic mass is 15.0. The molecule has 2 aromatic rings. The first-order valence-electron chi connectivity index (χ1n) is 6.47. The molecule has 1 N–H and O–H groups in total. The maximum absolute atomic E-state index is 8.93. The number of benzene rings is 1. The third kappa shape index (κ3) is 2.72. The molecule has 1 aromatic heterocycles. The highest BCUT2D eigenvalue weighted by Crippen LogP contribution is 2.17. The third-order valence-electron chi connectivity index (χ3n) is 3.36. The molecular weight excluding hydrogens is 222 g/mol. The van der Waals surface area contributed by atoms with Crippen molar-refractivity contribution in [3.8, 4) is 6.07 Å². The Balaban J connectivity index is 2.11. The van der Waals surface area contributed by atoms with E-state index < -0.39 is 0 Å². The van der Waals surface area contributed by atoms with E-state index in [0.717, 1.165) is 30.6 Å². The lowest BCUT2D eigenvalue weighted by atomic mass is 10.2. The summed E-state index contributed by atoms with van der Waals surface area (Å²) in [5.41, 5.74) is 1.86. The van der Waals surface area contributed by atoms with E-state index in [0.29, 0.717) is 6.04 Å². The van der Waals surface area contributed by atoms with Gasteiger partial charge >= 0.3 is 0 Å². The van der Waals surface area contributed by atoms with Crippen molar-refractivity contribution in [3.05, 3.63) is 36.0 Å². The van der Waals surface area contributed by atoms with E-state index in [4.69, 9.17) is 5.26 Å². The van der Waals surface area contributed by atoms with Crippen LogP contribution in [0, 0.1) is 11.3 Å². The van der Waals surface area contributed by atoms with E-state index in [9.17, 15) is 0 Å². The molecule has 1 unspecified atom stereocenters. The summed E-state index contributed by atoms with van der Waals surface area (Å²) in [6, 6.07) is 10.7. The summed E-state index contributed by atoms with van der Waals surface area (Å²) in [5, 5.41) is 13.6. The van der Waals surface area contributed by atoms with Crippen LogP contribution < -0.4 is 5.32 Å². The van der Waals surface area contributed by atoms with Gasteiger partial charge in [-0.1, -0.05) is 13.0 Å². The summed E-state index contributed by atoms with van der Waals surface area (Å²) in [6.07, 6.45) is 3.23. The number of hydrogen-bond acceptors (Lipinski definition) is 2. The number of rotatable bonds is 5. The molecule has 3 heteroatoms. The lowest BCUT2D eigenvalue weighted by molar-refractivity contribution is 0.509. The minimum atomic E-state index is 0.557. The van der Waals surface area contributed by atoms with Crippen molar-refractivity contribution in [2.24, 2.45) is 0 Å². The van der Waals surface area contributed by atoms with Gasteiger partial charge in [0.15, 0.2) is 0 Å². The second kappa shape index (κ2) is 5.70. The standard InChI is InChI=1S/C15H19N3/c1-3-12(2)17-7-9-18-8-6-14-5-4-13(11-16)10-15(14)18/h4-6,8,10,12,17H,3,7,9H2,1-2H3. The topological polar surface area (TPSA) is 40.8 Å². The lowest BCUT2D eigenvalue weighted by Gasteiger charge is -2.12. The average molecular weight is 241 g/mol. The van der Waals surface area contributed by atoms with E-state index in [1.54, 1.807) is 0 Å². The fourth-order valence-corrected chi connectivity index (χ4v) is 2.02. The maximum Gasteiger partial charge on any atom is 0.0992 e. The molecule has 1 heterocycles. The van der Waals surface area contributed by atoms with Gasteiger partial charge in [0.25, 0.3) is 0 Å². The second-order valence-corrected chi connectivity index (χ2v) is 4.66. The lowest BCUT2D eigenvalue weighted by Crippen LogP contribution is -2.28. The minimum absolute atomic E-state index is 0.557. The normalized spacial score (nSPS) is 12.5.